The van der Waals surface area contributed by atoms with Crippen molar-refractivity contribution in [3.63, 3.8) is 0 Å². The number of ether oxygens (including phenoxy) is 1. The van der Waals surface area contributed by atoms with Crippen LogP contribution in [-0.2, 0) is 21.4 Å². The average molecular weight is 459 g/mol. The number of nitrogens with zero attached hydrogens (tertiary/aromatic N) is 3. The smallest absolute Gasteiger partial charge is 0.325 e. The molecular formula is C23H30N4O6. The number of fused-ring (bicyclic) bond motifs is 1. The molecule has 33 heavy (non-hydrogen) atoms. The normalized spacial score (nSPS) is 14.9. The van der Waals surface area contributed by atoms with Crippen LogP contribution in [0.5, 0.6) is 5.75 Å². The van der Waals surface area contributed by atoms with E-state index < -0.39 is 40.9 Å². The van der Waals surface area contributed by atoms with E-state index in [1.54, 1.807) is 38.7 Å². The number of aryl methyl sites for hydroxylation is 1. The van der Waals surface area contributed by atoms with Gasteiger partial charge in [-0.3, -0.25) is 24.2 Å². The Morgan fingerprint density at radius 3 is 2.45 bits per heavy atom. The van der Waals surface area contributed by atoms with Crippen LogP contribution in [0, 0.1) is 0 Å². The van der Waals surface area contributed by atoms with E-state index in [4.69, 9.17) is 4.74 Å². The van der Waals surface area contributed by atoms with Crippen LogP contribution in [-0.4, -0.2) is 62.6 Å². The molecule has 2 aromatic heterocycles. The highest BCUT2D eigenvalue weighted by Crippen LogP contribution is 2.32. The summed E-state index contributed by atoms with van der Waals surface area (Å²) in [5.41, 5.74) is -0.763. The first-order valence-corrected chi connectivity index (χ1v) is 10.9. The highest BCUT2D eigenvalue weighted by atomic mass is 16.6. The minimum atomic E-state index is -0.867. The molecule has 0 saturated carbocycles. The fourth-order valence-electron chi connectivity index (χ4n) is 3.97. The van der Waals surface area contributed by atoms with Gasteiger partial charge in [0.25, 0.3) is 11.5 Å². The lowest BCUT2D eigenvalue weighted by Gasteiger charge is -2.31. The Balaban J connectivity index is 1.89. The molecule has 1 saturated heterocycles. The molecule has 3 heterocycles. The van der Waals surface area contributed by atoms with Crippen LogP contribution in [0.4, 0.5) is 0 Å². The van der Waals surface area contributed by atoms with E-state index in [2.05, 4.69) is 10.3 Å². The van der Waals surface area contributed by atoms with Crippen molar-refractivity contribution in [1.82, 2.24) is 19.8 Å². The molecule has 0 aliphatic carbocycles. The largest absolute Gasteiger partial charge is 0.506 e. The number of esters is 1. The van der Waals surface area contributed by atoms with Crippen molar-refractivity contribution in [2.75, 3.05) is 19.6 Å². The van der Waals surface area contributed by atoms with Crippen LogP contribution in [0.25, 0.3) is 10.9 Å². The Labute approximate surface area is 191 Å². The number of piperidine rings is 1. The zero-order chi connectivity index (χ0) is 24.5. The fourth-order valence-corrected chi connectivity index (χ4v) is 3.97. The van der Waals surface area contributed by atoms with Crippen molar-refractivity contribution < 1.29 is 24.2 Å². The summed E-state index contributed by atoms with van der Waals surface area (Å²) in [6, 6.07) is 1.68. The van der Waals surface area contributed by atoms with E-state index in [1.807, 2.05) is 0 Å². The highest BCUT2D eigenvalue weighted by Gasteiger charge is 2.26. The summed E-state index contributed by atoms with van der Waals surface area (Å²) in [4.78, 5) is 55.2. The van der Waals surface area contributed by atoms with Crippen molar-refractivity contribution in [3.05, 3.63) is 33.9 Å². The minimum absolute atomic E-state index is 0.0367. The summed E-state index contributed by atoms with van der Waals surface area (Å²) in [5.74, 6) is -1.86. The number of hydrogen-bond donors (Lipinski definition) is 2. The molecule has 2 aromatic rings. The van der Waals surface area contributed by atoms with Gasteiger partial charge in [-0.15, -0.1) is 0 Å². The van der Waals surface area contributed by atoms with E-state index in [9.17, 15) is 24.3 Å². The number of carbonyl (C=O) groups excluding carboxylic acids is 3. The quantitative estimate of drug-likeness (QED) is 0.663. The van der Waals surface area contributed by atoms with Gasteiger partial charge in [0, 0.05) is 44.1 Å². The van der Waals surface area contributed by atoms with Crippen molar-refractivity contribution in [3.8, 4) is 5.75 Å². The van der Waals surface area contributed by atoms with Gasteiger partial charge in [0.2, 0.25) is 5.91 Å². The van der Waals surface area contributed by atoms with Crippen LogP contribution in [0.3, 0.4) is 0 Å². The third-order valence-electron chi connectivity index (χ3n) is 5.67. The molecule has 0 atom stereocenters. The van der Waals surface area contributed by atoms with Crippen molar-refractivity contribution in [2.45, 2.75) is 52.1 Å². The number of nitrogens with one attached hydrogen (secondary N) is 1. The van der Waals surface area contributed by atoms with Crippen molar-refractivity contribution in [1.29, 1.82) is 0 Å². The molecule has 178 valence electrons. The predicted octanol–water partition coefficient (Wildman–Crippen LogP) is 1.44. The van der Waals surface area contributed by atoms with Gasteiger partial charge >= 0.3 is 5.97 Å². The first-order valence-electron chi connectivity index (χ1n) is 10.9. The number of pyridine rings is 2. The monoisotopic (exact) mass is 458 g/mol. The summed E-state index contributed by atoms with van der Waals surface area (Å²) in [6.45, 7) is 7.46. The molecule has 3 rings (SSSR count). The number of hydrogen-bond acceptors (Lipinski definition) is 7. The van der Waals surface area contributed by atoms with E-state index >= 15 is 0 Å². The summed E-state index contributed by atoms with van der Waals surface area (Å²) >= 11 is 0. The first-order chi connectivity index (χ1) is 15.4. The molecule has 1 fully saturated rings. The maximum atomic E-state index is 12.8. The minimum Gasteiger partial charge on any atom is -0.506 e. The van der Waals surface area contributed by atoms with Crippen LogP contribution in [0.15, 0.2) is 17.1 Å². The molecule has 10 heteroatoms. The van der Waals surface area contributed by atoms with Gasteiger partial charge in [-0.25, -0.2) is 0 Å². The molecule has 1 aliphatic heterocycles. The lowest BCUT2D eigenvalue weighted by atomic mass is 9.92. The molecule has 2 amide bonds. The van der Waals surface area contributed by atoms with Crippen molar-refractivity contribution in [2.24, 2.45) is 7.05 Å². The topological polar surface area (TPSA) is 131 Å². The van der Waals surface area contributed by atoms with Crippen LogP contribution >= 0.6 is 0 Å². The number of aromatic hydroxyl groups is 1. The molecule has 0 bridgehead atoms. The second-order valence-electron chi connectivity index (χ2n) is 9.26. The molecule has 0 radical (unpaired) electrons. The van der Waals surface area contributed by atoms with Gasteiger partial charge in [0.1, 0.15) is 23.5 Å². The Morgan fingerprint density at radius 1 is 1.24 bits per heavy atom. The Hall–Kier alpha value is -3.43. The third-order valence-corrected chi connectivity index (χ3v) is 5.67. The maximum absolute atomic E-state index is 12.8. The lowest BCUT2D eigenvalue weighted by molar-refractivity contribution is -0.153. The van der Waals surface area contributed by atoms with Crippen LogP contribution < -0.4 is 10.9 Å². The van der Waals surface area contributed by atoms with Crippen LogP contribution in [0.2, 0.25) is 0 Å². The third kappa shape index (κ3) is 5.32. The molecule has 1 aliphatic rings. The average Bonchev–Trinajstić information content (AvgIpc) is 2.75. The maximum Gasteiger partial charge on any atom is 0.325 e. The lowest BCUT2D eigenvalue weighted by Crippen LogP contribution is -2.37. The molecule has 10 nitrogen and oxygen atoms in total. The van der Waals surface area contributed by atoms with Gasteiger partial charge < -0.3 is 24.6 Å². The Kier molecular flexibility index (Phi) is 6.76. The van der Waals surface area contributed by atoms with Crippen molar-refractivity contribution >= 4 is 28.7 Å². The number of aromatic nitrogens is 2. The second kappa shape index (κ2) is 9.21. The summed E-state index contributed by atoms with van der Waals surface area (Å²) < 4.78 is 6.39. The molecule has 0 aromatic carbocycles. The zero-order valence-corrected chi connectivity index (χ0v) is 19.6. The van der Waals surface area contributed by atoms with Crippen LogP contribution in [0.1, 0.15) is 62.5 Å². The fraction of sp³-hybridized carbons (Fsp3) is 0.522. The van der Waals surface area contributed by atoms with E-state index in [1.165, 1.54) is 17.8 Å². The van der Waals surface area contributed by atoms with Gasteiger partial charge in [-0.1, -0.05) is 0 Å². The Bertz CT molecular complexity index is 1160. The predicted molar refractivity (Wildman–Crippen MR) is 121 cm³/mol. The van der Waals surface area contributed by atoms with Gasteiger partial charge in [0.05, 0.1) is 11.7 Å². The number of rotatable bonds is 4. The molecular weight excluding hydrogens is 428 g/mol. The standard InChI is InChI=1S/C23H30N4O6/c1-13(28)27-8-6-14(7-9-27)16-10-15-17(11-24-16)26(5)22(32)19(20(15)30)21(31)25-12-18(29)33-23(2,3)4/h10-11,14,30H,6-9,12H2,1-5H3,(H,25,31). The summed E-state index contributed by atoms with van der Waals surface area (Å²) in [7, 11) is 1.49. The molecule has 2 N–H and O–H groups in total. The van der Waals surface area contributed by atoms with E-state index in [0.717, 1.165) is 18.5 Å². The molecule has 0 unspecified atom stereocenters. The SMILES string of the molecule is CC(=O)N1CCC(c2cc3c(O)c(C(=O)NCC(=O)OC(C)(C)C)c(=O)n(C)c3cn2)CC1. The van der Waals surface area contributed by atoms with Gasteiger partial charge in [-0.05, 0) is 39.7 Å². The number of amides is 2. The van der Waals surface area contributed by atoms with Gasteiger partial charge in [0.15, 0.2) is 0 Å². The van der Waals surface area contributed by atoms with Gasteiger partial charge in [-0.2, -0.15) is 0 Å². The zero-order valence-electron chi connectivity index (χ0n) is 19.6. The Morgan fingerprint density at radius 2 is 1.88 bits per heavy atom. The number of likely N-dealkylation sites (tertiary alicyclic amines) is 1. The highest BCUT2D eigenvalue weighted by molar-refractivity contribution is 6.03. The molecule has 0 spiro atoms. The van der Waals surface area contributed by atoms with E-state index in [0.29, 0.717) is 24.0 Å². The summed E-state index contributed by atoms with van der Waals surface area (Å²) in [5, 5.41) is 13.5. The summed E-state index contributed by atoms with van der Waals surface area (Å²) in [6.07, 6.45) is 2.97. The first kappa shape index (κ1) is 24.2. The second-order valence-corrected chi connectivity index (χ2v) is 9.26. The number of carbonyl (C=O) groups is 3. The van der Waals surface area contributed by atoms with E-state index in [-0.39, 0.29) is 11.8 Å².